The number of para-hydroxylation sites is 1. The van der Waals surface area contributed by atoms with Crippen LogP contribution in [0.15, 0.2) is 36.4 Å². The minimum atomic E-state index is -4.54. The second-order valence-corrected chi connectivity index (χ2v) is 4.42. The van der Waals surface area contributed by atoms with Gasteiger partial charge in [0.1, 0.15) is 11.0 Å². The van der Waals surface area contributed by atoms with Gasteiger partial charge in [-0.25, -0.2) is 9.78 Å². The van der Waals surface area contributed by atoms with E-state index in [1.54, 1.807) is 0 Å². The smallest absolute Gasteiger partial charge is 0.418 e. The van der Waals surface area contributed by atoms with E-state index in [0.29, 0.717) is 0 Å². The zero-order chi connectivity index (χ0) is 15.6. The van der Waals surface area contributed by atoms with Gasteiger partial charge in [0.15, 0.2) is 0 Å². The molecule has 0 amide bonds. The fraction of sp³-hybridized carbons (Fsp3) is 0.0769. The molecule has 2 rings (SSSR count). The average Bonchev–Trinajstić information content (AvgIpc) is 2.37. The number of benzene rings is 1. The number of nitrogens with one attached hydrogen (secondary N) is 1. The first-order chi connectivity index (χ1) is 9.77. The van der Waals surface area contributed by atoms with Crippen LogP contribution in [0.3, 0.4) is 0 Å². The minimum Gasteiger partial charge on any atom is -0.478 e. The highest BCUT2D eigenvalue weighted by Crippen LogP contribution is 2.35. The van der Waals surface area contributed by atoms with Gasteiger partial charge in [-0.15, -0.1) is 0 Å². The number of hydrogen-bond acceptors (Lipinski definition) is 3. The number of anilines is 2. The molecule has 4 nitrogen and oxygen atoms in total. The van der Waals surface area contributed by atoms with Crippen molar-refractivity contribution >= 4 is 29.1 Å². The molecule has 0 fully saturated rings. The van der Waals surface area contributed by atoms with Gasteiger partial charge in [-0.05, 0) is 24.3 Å². The van der Waals surface area contributed by atoms with Crippen molar-refractivity contribution in [3.63, 3.8) is 0 Å². The van der Waals surface area contributed by atoms with Crippen LogP contribution >= 0.6 is 11.6 Å². The van der Waals surface area contributed by atoms with Crippen molar-refractivity contribution in [2.45, 2.75) is 6.18 Å². The third-order valence-electron chi connectivity index (χ3n) is 2.54. The van der Waals surface area contributed by atoms with E-state index in [2.05, 4.69) is 10.3 Å². The van der Waals surface area contributed by atoms with Gasteiger partial charge in [-0.2, -0.15) is 13.2 Å². The van der Waals surface area contributed by atoms with E-state index in [1.807, 2.05) is 0 Å². The number of alkyl halides is 3. The van der Waals surface area contributed by atoms with Crippen LogP contribution in [0.25, 0.3) is 0 Å². The number of hydrogen-bond donors (Lipinski definition) is 2. The number of carboxylic acid groups (broad SMARTS) is 1. The highest BCUT2D eigenvalue weighted by atomic mass is 35.5. The van der Waals surface area contributed by atoms with Crippen LogP contribution in [-0.4, -0.2) is 16.1 Å². The minimum absolute atomic E-state index is 0.0865. The zero-order valence-electron chi connectivity index (χ0n) is 10.3. The largest absolute Gasteiger partial charge is 0.478 e. The first kappa shape index (κ1) is 15.1. The number of aromatic nitrogens is 1. The van der Waals surface area contributed by atoms with Crippen molar-refractivity contribution in [2.24, 2.45) is 0 Å². The quantitative estimate of drug-likeness (QED) is 0.833. The number of pyridine rings is 1. The Labute approximate surface area is 122 Å². The van der Waals surface area contributed by atoms with E-state index in [0.717, 1.165) is 18.2 Å². The van der Waals surface area contributed by atoms with Crippen molar-refractivity contribution in [3.05, 3.63) is 52.7 Å². The number of nitrogens with zero attached hydrogens (tertiary/aromatic N) is 1. The summed E-state index contributed by atoms with van der Waals surface area (Å²) in [5.41, 5.74) is -1.30. The molecule has 0 saturated heterocycles. The maximum atomic E-state index is 12.9. The monoisotopic (exact) mass is 316 g/mol. The van der Waals surface area contributed by atoms with Gasteiger partial charge < -0.3 is 10.4 Å². The Kier molecular flexibility index (Phi) is 4.04. The highest BCUT2D eigenvalue weighted by Gasteiger charge is 2.33. The molecule has 110 valence electrons. The highest BCUT2D eigenvalue weighted by molar-refractivity contribution is 6.29. The van der Waals surface area contributed by atoms with Crippen LogP contribution < -0.4 is 5.32 Å². The molecule has 0 aliphatic heterocycles. The molecule has 0 unspecified atom stereocenters. The Morgan fingerprint density at radius 3 is 2.52 bits per heavy atom. The molecular weight excluding hydrogens is 309 g/mol. The molecule has 1 aromatic carbocycles. The van der Waals surface area contributed by atoms with Crippen molar-refractivity contribution in [1.29, 1.82) is 0 Å². The van der Waals surface area contributed by atoms with Gasteiger partial charge >= 0.3 is 12.1 Å². The average molecular weight is 317 g/mol. The van der Waals surface area contributed by atoms with Crippen LogP contribution in [0.5, 0.6) is 0 Å². The molecule has 1 heterocycles. The molecule has 21 heavy (non-hydrogen) atoms. The zero-order valence-corrected chi connectivity index (χ0v) is 11.0. The molecule has 1 aromatic heterocycles. The van der Waals surface area contributed by atoms with Crippen molar-refractivity contribution in [1.82, 2.24) is 4.98 Å². The van der Waals surface area contributed by atoms with E-state index in [-0.39, 0.29) is 22.2 Å². The fourth-order valence-electron chi connectivity index (χ4n) is 1.66. The Hall–Kier alpha value is -2.28. The molecule has 0 atom stereocenters. The standard InChI is InChI=1S/C13H8ClF3N2O2/c14-10-5-7(12(20)21)6-11(19-10)18-9-4-2-1-3-8(9)13(15,16)17/h1-6H,(H,18,19)(H,20,21). The first-order valence-corrected chi connectivity index (χ1v) is 5.99. The maximum absolute atomic E-state index is 12.9. The van der Waals surface area contributed by atoms with Crippen molar-refractivity contribution in [3.8, 4) is 0 Å². The molecule has 2 aromatic rings. The third kappa shape index (κ3) is 3.63. The van der Waals surface area contributed by atoms with Gasteiger partial charge in [0.05, 0.1) is 16.8 Å². The second-order valence-electron chi connectivity index (χ2n) is 4.04. The molecule has 0 aliphatic rings. The first-order valence-electron chi connectivity index (χ1n) is 5.61. The summed E-state index contributed by atoms with van der Waals surface area (Å²) in [6.07, 6.45) is -4.54. The number of halogens is 4. The van der Waals surface area contributed by atoms with E-state index >= 15 is 0 Å². The molecule has 0 saturated carbocycles. The Morgan fingerprint density at radius 2 is 1.90 bits per heavy atom. The molecule has 0 bridgehead atoms. The predicted molar refractivity (Wildman–Crippen MR) is 70.9 cm³/mol. The maximum Gasteiger partial charge on any atom is 0.418 e. The van der Waals surface area contributed by atoms with Crippen molar-refractivity contribution in [2.75, 3.05) is 5.32 Å². The van der Waals surface area contributed by atoms with E-state index in [4.69, 9.17) is 16.7 Å². The van der Waals surface area contributed by atoms with Gasteiger partial charge in [0, 0.05) is 0 Å². The Morgan fingerprint density at radius 1 is 1.24 bits per heavy atom. The summed E-state index contributed by atoms with van der Waals surface area (Å²) in [6, 6.07) is 6.99. The van der Waals surface area contributed by atoms with Crippen LogP contribution in [0.4, 0.5) is 24.7 Å². The summed E-state index contributed by atoms with van der Waals surface area (Å²) in [7, 11) is 0. The molecule has 0 radical (unpaired) electrons. The van der Waals surface area contributed by atoms with Gasteiger partial charge in [0.25, 0.3) is 0 Å². The number of carbonyl (C=O) groups is 1. The Bertz CT molecular complexity index is 689. The lowest BCUT2D eigenvalue weighted by molar-refractivity contribution is -0.136. The number of carboxylic acids is 1. The predicted octanol–water partition coefficient (Wildman–Crippen LogP) is 4.20. The lowest BCUT2D eigenvalue weighted by Crippen LogP contribution is -2.09. The van der Waals surface area contributed by atoms with Gasteiger partial charge in [-0.1, -0.05) is 23.7 Å². The molecular formula is C13H8ClF3N2O2. The lowest BCUT2D eigenvalue weighted by atomic mass is 10.1. The van der Waals surface area contributed by atoms with Gasteiger partial charge in [0.2, 0.25) is 0 Å². The van der Waals surface area contributed by atoms with Crippen molar-refractivity contribution < 1.29 is 23.1 Å². The molecule has 2 N–H and O–H groups in total. The molecule has 0 spiro atoms. The van der Waals surface area contributed by atoms with E-state index in [9.17, 15) is 18.0 Å². The summed E-state index contributed by atoms with van der Waals surface area (Å²) in [4.78, 5) is 14.6. The lowest BCUT2D eigenvalue weighted by Gasteiger charge is -2.14. The van der Waals surface area contributed by atoms with Gasteiger partial charge in [-0.3, -0.25) is 0 Å². The summed E-state index contributed by atoms with van der Waals surface area (Å²) < 4.78 is 38.6. The van der Waals surface area contributed by atoms with E-state index in [1.165, 1.54) is 18.2 Å². The number of aromatic carboxylic acids is 1. The third-order valence-corrected chi connectivity index (χ3v) is 2.73. The SMILES string of the molecule is O=C(O)c1cc(Cl)nc(Nc2ccccc2C(F)(F)F)c1. The van der Waals surface area contributed by atoms with Crippen LogP contribution in [0.1, 0.15) is 15.9 Å². The normalized spacial score (nSPS) is 11.2. The van der Waals surface area contributed by atoms with Crippen LogP contribution in [0, 0.1) is 0 Å². The molecule has 0 aliphatic carbocycles. The van der Waals surface area contributed by atoms with E-state index < -0.39 is 17.7 Å². The Balaban J connectivity index is 2.42. The summed E-state index contributed by atoms with van der Waals surface area (Å²) in [5, 5.41) is 11.2. The topological polar surface area (TPSA) is 62.2 Å². The molecule has 8 heteroatoms. The van der Waals surface area contributed by atoms with Crippen LogP contribution in [-0.2, 0) is 6.18 Å². The number of rotatable bonds is 3. The second kappa shape index (κ2) is 5.61. The summed E-state index contributed by atoms with van der Waals surface area (Å²) in [6.45, 7) is 0. The fourth-order valence-corrected chi connectivity index (χ4v) is 1.87. The van der Waals surface area contributed by atoms with Crippen LogP contribution in [0.2, 0.25) is 5.15 Å². The summed E-state index contributed by atoms with van der Waals surface area (Å²) >= 11 is 5.65. The summed E-state index contributed by atoms with van der Waals surface area (Å²) in [5.74, 6) is -1.34.